The Balaban J connectivity index is 1.82. The minimum Gasteiger partial charge on any atom is -0.593 e. The number of hydrogen-bond donors (Lipinski definition) is 2. The van der Waals surface area contributed by atoms with Crippen molar-refractivity contribution in [3.8, 4) is 5.69 Å². The molecule has 3 N–H and O–H groups in total. The number of aromatic nitrogens is 2. The van der Waals surface area contributed by atoms with E-state index >= 15 is 0 Å². The van der Waals surface area contributed by atoms with E-state index in [4.69, 9.17) is 16.7 Å². The molecule has 11 heteroatoms. The van der Waals surface area contributed by atoms with Crippen molar-refractivity contribution >= 4 is 34.6 Å². The van der Waals surface area contributed by atoms with Gasteiger partial charge >= 0.3 is 6.18 Å². The van der Waals surface area contributed by atoms with Gasteiger partial charge < -0.3 is 9.87 Å². The highest BCUT2D eigenvalue weighted by molar-refractivity contribution is 7.89. The predicted octanol–water partition coefficient (Wildman–Crippen LogP) is 3.71. The van der Waals surface area contributed by atoms with Crippen LogP contribution in [-0.4, -0.2) is 20.2 Å². The van der Waals surface area contributed by atoms with Crippen molar-refractivity contribution in [2.45, 2.75) is 17.5 Å². The van der Waals surface area contributed by atoms with Gasteiger partial charge in [-0.3, -0.25) is 4.79 Å². The molecule has 2 aromatic carbocycles. The van der Waals surface area contributed by atoms with E-state index in [1.54, 1.807) is 24.3 Å². The number of benzene rings is 2. The van der Waals surface area contributed by atoms with Gasteiger partial charge in [0.25, 0.3) is 0 Å². The third-order valence-electron chi connectivity index (χ3n) is 3.87. The topological polar surface area (TPSA) is 96.0 Å². The molecule has 3 aromatic rings. The molecule has 0 aliphatic carbocycles. The molecule has 29 heavy (non-hydrogen) atoms. The molecule has 1 heterocycles. The number of alkyl halides is 3. The molecule has 0 spiro atoms. The summed E-state index contributed by atoms with van der Waals surface area (Å²) in [6.07, 6.45) is -3.08. The SMILES string of the molecule is N[S+]([O-])c1cc(NC(=O)Cc2cccc(Cl)c2)ccc1-n1cc(C(F)(F)F)cn1. The van der Waals surface area contributed by atoms with Gasteiger partial charge in [-0.15, -0.1) is 5.14 Å². The first-order valence-electron chi connectivity index (χ1n) is 8.10. The Morgan fingerprint density at radius 1 is 1.28 bits per heavy atom. The minimum absolute atomic E-state index is 0.0161. The van der Waals surface area contributed by atoms with Crippen LogP contribution in [0.15, 0.2) is 59.8 Å². The lowest BCUT2D eigenvalue weighted by Gasteiger charge is -2.12. The predicted molar refractivity (Wildman–Crippen MR) is 103 cm³/mol. The maximum absolute atomic E-state index is 12.8. The van der Waals surface area contributed by atoms with Gasteiger partial charge in [-0.05, 0) is 29.8 Å². The van der Waals surface area contributed by atoms with Crippen molar-refractivity contribution < 1.29 is 22.5 Å². The molecule has 0 saturated carbocycles. The monoisotopic (exact) mass is 442 g/mol. The molecule has 0 aliphatic rings. The van der Waals surface area contributed by atoms with Gasteiger partial charge in [0.05, 0.1) is 29.5 Å². The maximum Gasteiger partial charge on any atom is 0.419 e. The Morgan fingerprint density at radius 2 is 2.03 bits per heavy atom. The molecule has 0 saturated heterocycles. The summed E-state index contributed by atoms with van der Waals surface area (Å²) in [4.78, 5) is 12.3. The molecular formula is C18H14ClF3N4O2S. The standard InChI is InChI=1S/C18H14ClF3N4O2S/c19-13-3-1-2-11(6-13)7-17(27)25-14-4-5-15(16(8-14)29(23)28)26-10-12(9-24-26)18(20,21)22/h1-6,8-10H,7,23H2,(H,25,27). The summed E-state index contributed by atoms with van der Waals surface area (Å²) in [6, 6.07) is 11.0. The zero-order chi connectivity index (χ0) is 21.2. The molecule has 0 bridgehead atoms. The first-order chi connectivity index (χ1) is 13.6. The highest BCUT2D eigenvalue weighted by Gasteiger charge is 2.32. The Bertz CT molecular complexity index is 1040. The molecular weight excluding hydrogens is 429 g/mol. The molecule has 0 radical (unpaired) electrons. The fraction of sp³-hybridized carbons (Fsp3) is 0.111. The fourth-order valence-electron chi connectivity index (χ4n) is 2.58. The Kier molecular flexibility index (Phi) is 6.18. The second-order valence-corrected chi connectivity index (χ2v) is 7.48. The van der Waals surface area contributed by atoms with E-state index in [9.17, 15) is 22.5 Å². The average Bonchev–Trinajstić information content (AvgIpc) is 3.12. The molecule has 1 atom stereocenters. The van der Waals surface area contributed by atoms with Crippen LogP contribution < -0.4 is 10.5 Å². The van der Waals surface area contributed by atoms with Crippen LogP contribution in [0.1, 0.15) is 11.1 Å². The van der Waals surface area contributed by atoms with Gasteiger partial charge in [0.15, 0.2) is 0 Å². The van der Waals surface area contributed by atoms with Crippen LogP contribution in [-0.2, 0) is 28.8 Å². The Labute approximate surface area is 171 Å². The van der Waals surface area contributed by atoms with Gasteiger partial charge in [0.2, 0.25) is 10.8 Å². The third-order valence-corrected chi connectivity index (χ3v) is 4.87. The van der Waals surface area contributed by atoms with Crippen LogP contribution in [0, 0.1) is 0 Å². The van der Waals surface area contributed by atoms with Crippen LogP contribution in [0.5, 0.6) is 0 Å². The van der Waals surface area contributed by atoms with Crippen molar-refractivity contribution in [1.82, 2.24) is 9.78 Å². The lowest BCUT2D eigenvalue weighted by Crippen LogP contribution is -2.18. The molecule has 152 valence electrons. The molecule has 1 aromatic heterocycles. The van der Waals surface area contributed by atoms with Crippen molar-refractivity contribution in [3.05, 3.63) is 71.0 Å². The second-order valence-electron chi connectivity index (χ2n) is 6.01. The maximum atomic E-state index is 12.8. The fourth-order valence-corrected chi connectivity index (χ4v) is 3.40. The summed E-state index contributed by atoms with van der Waals surface area (Å²) in [5.74, 6) is -0.354. The number of halogens is 4. The molecule has 1 unspecified atom stereocenters. The van der Waals surface area contributed by atoms with Crippen molar-refractivity contribution in [2.75, 3.05) is 5.32 Å². The largest absolute Gasteiger partial charge is 0.593 e. The van der Waals surface area contributed by atoms with E-state index in [0.29, 0.717) is 16.8 Å². The van der Waals surface area contributed by atoms with Gasteiger partial charge in [-0.25, -0.2) is 4.68 Å². The van der Waals surface area contributed by atoms with Gasteiger partial charge in [0.1, 0.15) is 5.69 Å². The van der Waals surface area contributed by atoms with Gasteiger partial charge in [0, 0.05) is 23.0 Å². The van der Waals surface area contributed by atoms with E-state index in [1.165, 1.54) is 18.2 Å². The summed E-state index contributed by atoms with van der Waals surface area (Å²) in [7, 11) is 0. The number of nitrogens with two attached hydrogens (primary N) is 1. The van der Waals surface area contributed by atoms with E-state index in [1.807, 2.05) is 0 Å². The molecule has 1 amide bonds. The van der Waals surface area contributed by atoms with Crippen LogP contribution in [0.2, 0.25) is 5.02 Å². The first kappa shape index (κ1) is 21.2. The zero-order valence-corrected chi connectivity index (χ0v) is 16.2. The van der Waals surface area contributed by atoms with Crippen LogP contribution in [0.4, 0.5) is 18.9 Å². The number of rotatable bonds is 5. The van der Waals surface area contributed by atoms with Crippen LogP contribution in [0.3, 0.4) is 0 Å². The highest BCUT2D eigenvalue weighted by Crippen LogP contribution is 2.30. The number of carbonyl (C=O) groups is 1. The average molecular weight is 443 g/mol. The Hall–Kier alpha value is -2.53. The van der Waals surface area contributed by atoms with Crippen molar-refractivity contribution in [2.24, 2.45) is 5.14 Å². The first-order valence-corrected chi connectivity index (χ1v) is 9.69. The third kappa shape index (κ3) is 5.30. The van der Waals surface area contributed by atoms with E-state index in [2.05, 4.69) is 10.4 Å². The van der Waals surface area contributed by atoms with E-state index in [0.717, 1.165) is 10.9 Å². The lowest BCUT2D eigenvalue weighted by molar-refractivity contribution is -0.137. The van der Waals surface area contributed by atoms with Crippen LogP contribution in [0.25, 0.3) is 5.69 Å². The quantitative estimate of drug-likeness (QED) is 0.589. The number of nitrogens with one attached hydrogen (secondary N) is 1. The summed E-state index contributed by atoms with van der Waals surface area (Å²) in [5, 5.41) is 12.3. The van der Waals surface area contributed by atoms with Gasteiger partial charge in [-0.1, -0.05) is 23.7 Å². The summed E-state index contributed by atoms with van der Waals surface area (Å²) >= 11 is 3.86. The summed E-state index contributed by atoms with van der Waals surface area (Å²) < 4.78 is 51.2. The smallest absolute Gasteiger partial charge is 0.419 e. The van der Waals surface area contributed by atoms with Crippen LogP contribution >= 0.6 is 11.6 Å². The number of hydrogen-bond acceptors (Lipinski definition) is 4. The summed E-state index contributed by atoms with van der Waals surface area (Å²) in [5.41, 5.74) is 0.141. The lowest BCUT2D eigenvalue weighted by atomic mass is 10.1. The molecule has 3 rings (SSSR count). The molecule has 6 nitrogen and oxygen atoms in total. The second kappa shape index (κ2) is 8.46. The van der Waals surface area contributed by atoms with Crippen molar-refractivity contribution in [1.29, 1.82) is 0 Å². The highest BCUT2D eigenvalue weighted by atomic mass is 35.5. The van der Waals surface area contributed by atoms with Crippen molar-refractivity contribution in [3.63, 3.8) is 0 Å². The number of nitrogens with zero attached hydrogens (tertiary/aromatic N) is 2. The van der Waals surface area contributed by atoms with E-state index in [-0.39, 0.29) is 28.6 Å². The number of carbonyl (C=O) groups excluding carboxylic acids is 1. The number of amides is 1. The molecule has 0 aliphatic heterocycles. The summed E-state index contributed by atoms with van der Waals surface area (Å²) in [6.45, 7) is 0. The zero-order valence-electron chi connectivity index (χ0n) is 14.6. The Morgan fingerprint density at radius 3 is 2.66 bits per heavy atom. The molecule has 0 fully saturated rings. The van der Waals surface area contributed by atoms with Gasteiger partial charge in [-0.2, -0.15) is 18.3 Å². The van der Waals surface area contributed by atoms with E-state index < -0.39 is 23.1 Å². The normalized spacial score (nSPS) is 12.6. The minimum atomic E-state index is -4.56. The number of anilines is 1.